The predicted molar refractivity (Wildman–Crippen MR) is 134 cm³/mol. The molecule has 1 saturated carbocycles. The van der Waals surface area contributed by atoms with Crippen LogP contribution in [-0.4, -0.2) is 21.1 Å². The number of rotatable bonds is 5. The number of pyridine rings is 1. The van der Waals surface area contributed by atoms with Crippen LogP contribution in [-0.2, 0) is 4.79 Å². The number of benzene rings is 2. The van der Waals surface area contributed by atoms with Crippen LogP contribution in [0.25, 0.3) is 0 Å². The van der Waals surface area contributed by atoms with Gasteiger partial charge in [-0.3, -0.25) is 9.59 Å². The maximum absolute atomic E-state index is 12.9. The summed E-state index contributed by atoms with van der Waals surface area (Å²) in [6, 6.07) is 12.6. The molecule has 1 aliphatic carbocycles. The molecule has 11 heteroatoms. The van der Waals surface area contributed by atoms with Gasteiger partial charge in [-0.25, -0.2) is 4.98 Å². The number of aromatic nitrogens is 1. The molecule has 1 heterocycles. The summed E-state index contributed by atoms with van der Waals surface area (Å²) in [5.74, 6) is -2.15. The normalized spacial score (nSPS) is 18.5. The predicted octanol–water partition coefficient (Wildman–Crippen LogP) is 7.47. The first-order valence-corrected chi connectivity index (χ1v) is 11.7. The van der Waals surface area contributed by atoms with E-state index in [0.29, 0.717) is 32.1 Å². The number of anilines is 2. The minimum Gasteiger partial charge on any atom is -0.326 e. The second kappa shape index (κ2) is 9.49. The van der Waals surface area contributed by atoms with E-state index in [1.807, 2.05) is 0 Å². The summed E-state index contributed by atoms with van der Waals surface area (Å²) >= 11 is 36.9. The zero-order valence-electron chi connectivity index (χ0n) is 16.4. The zero-order valence-corrected chi connectivity index (χ0v) is 20.9. The highest BCUT2D eigenvalue weighted by atomic mass is 35.5. The van der Waals surface area contributed by atoms with Crippen LogP contribution < -0.4 is 10.6 Å². The molecule has 0 unspecified atom stereocenters. The Morgan fingerprint density at radius 1 is 0.848 bits per heavy atom. The number of nitrogens with zero attached hydrogens (tertiary/aromatic N) is 1. The third-order valence-corrected chi connectivity index (χ3v) is 6.97. The van der Waals surface area contributed by atoms with Crippen molar-refractivity contribution in [1.82, 2.24) is 4.98 Å². The maximum atomic E-state index is 12.9. The molecule has 0 aliphatic heterocycles. The molecule has 2 N–H and O–H groups in total. The minimum absolute atomic E-state index is 0.154. The first-order chi connectivity index (χ1) is 15.6. The van der Waals surface area contributed by atoms with Crippen molar-refractivity contribution in [3.63, 3.8) is 0 Å². The lowest BCUT2D eigenvalue weighted by atomic mass is 10.1. The van der Waals surface area contributed by atoms with Crippen LogP contribution in [0.1, 0.15) is 21.8 Å². The van der Waals surface area contributed by atoms with Gasteiger partial charge < -0.3 is 10.6 Å². The number of carbonyl (C=O) groups is 2. The molecule has 2 aromatic carbocycles. The smallest absolute Gasteiger partial charge is 0.257 e. The Bertz CT molecular complexity index is 1230. The fraction of sp³-hybridized carbons (Fsp3) is 0.136. The summed E-state index contributed by atoms with van der Waals surface area (Å²) in [4.78, 5) is 29.5. The Balaban J connectivity index is 1.50. The monoisotopic (exact) mass is 561 g/mol. The summed E-state index contributed by atoms with van der Waals surface area (Å²) in [6.45, 7) is 0. The Kier molecular flexibility index (Phi) is 7.02. The fourth-order valence-corrected chi connectivity index (χ4v) is 5.15. The number of hydrogen-bond donors (Lipinski definition) is 2. The van der Waals surface area contributed by atoms with Gasteiger partial charge in [-0.2, -0.15) is 0 Å². The molecule has 0 radical (unpaired) electrons. The molecule has 2 amide bonds. The van der Waals surface area contributed by atoms with Crippen molar-refractivity contribution in [2.24, 2.45) is 5.92 Å². The quantitative estimate of drug-likeness (QED) is 0.250. The zero-order chi connectivity index (χ0) is 23.9. The van der Waals surface area contributed by atoms with Gasteiger partial charge in [0.05, 0.1) is 28.4 Å². The average molecular weight is 564 g/mol. The number of nitrogens with one attached hydrogen (secondary N) is 2. The second-order valence-corrected chi connectivity index (χ2v) is 10.5. The highest BCUT2D eigenvalue weighted by Gasteiger charge is 2.67. The molecule has 1 fully saturated rings. The maximum Gasteiger partial charge on any atom is 0.257 e. The van der Waals surface area contributed by atoms with E-state index in [0.717, 1.165) is 0 Å². The topological polar surface area (TPSA) is 71.1 Å². The number of carbonyl (C=O) groups excluding carboxylic acids is 2. The largest absolute Gasteiger partial charge is 0.326 e. The molecule has 4 rings (SSSR count). The molecule has 3 aromatic rings. The first-order valence-electron chi connectivity index (χ1n) is 9.43. The van der Waals surface area contributed by atoms with Crippen molar-refractivity contribution >= 4 is 92.8 Å². The van der Waals surface area contributed by atoms with Crippen molar-refractivity contribution in [1.29, 1.82) is 0 Å². The molecule has 1 aliphatic rings. The fourth-order valence-electron chi connectivity index (χ4n) is 3.47. The first kappa shape index (κ1) is 24.4. The van der Waals surface area contributed by atoms with E-state index in [2.05, 4.69) is 15.6 Å². The van der Waals surface area contributed by atoms with Gasteiger partial charge in [0.1, 0.15) is 9.49 Å². The van der Waals surface area contributed by atoms with E-state index in [4.69, 9.17) is 69.6 Å². The average Bonchev–Trinajstić information content (AvgIpc) is 3.32. The minimum atomic E-state index is -1.33. The van der Waals surface area contributed by atoms with E-state index in [1.165, 1.54) is 18.3 Å². The third kappa shape index (κ3) is 5.35. The second-order valence-electron chi connectivity index (χ2n) is 7.34. The number of hydrogen-bond acceptors (Lipinski definition) is 3. The van der Waals surface area contributed by atoms with Crippen LogP contribution in [0.2, 0.25) is 20.2 Å². The van der Waals surface area contributed by atoms with E-state index in [9.17, 15) is 9.59 Å². The van der Waals surface area contributed by atoms with Crippen LogP contribution in [0.4, 0.5) is 11.4 Å². The summed E-state index contributed by atoms with van der Waals surface area (Å²) in [7, 11) is 0. The van der Waals surface area contributed by atoms with Gasteiger partial charge in [-0.05, 0) is 54.1 Å². The number of halogens is 6. The van der Waals surface area contributed by atoms with Crippen LogP contribution in [0.3, 0.4) is 0 Å². The van der Waals surface area contributed by atoms with Crippen LogP contribution in [0.15, 0.2) is 54.7 Å². The van der Waals surface area contributed by atoms with E-state index in [1.54, 1.807) is 36.4 Å². The molecule has 0 bridgehead atoms. The highest BCUT2D eigenvalue weighted by Crippen LogP contribution is 2.65. The Morgan fingerprint density at radius 2 is 1.52 bits per heavy atom. The molecule has 1 aromatic heterocycles. The molecular weight excluding hydrogens is 551 g/mol. The van der Waals surface area contributed by atoms with Gasteiger partial charge >= 0.3 is 0 Å². The number of amides is 2. The van der Waals surface area contributed by atoms with Gasteiger partial charge in [-0.15, -0.1) is 23.2 Å². The third-order valence-electron chi connectivity index (χ3n) is 5.04. The molecule has 2 atom stereocenters. The lowest BCUT2D eigenvalue weighted by molar-refractivity contribution is -0.117. The van der Waals surface area contributed by atoms with Gasteiger partial charge in [0, 0.05) is 21.7 Å². The van der Waals surface area contributed by atoms with Gasteiger partial charge in [-0.1, -0.05) is 46.4 Å². The van der Waals surface area contributed by atoms with Gasteiger partial charge in [0.2, 0.25) is 5.91 Å². The Morgan fingerprint density at radius 3 is 2.15 bits per heavy atom. The summed E-state index contributed by atoms with van der Waals surface area (Å²) in [6.07, 6.45) is 1.41. The Hall–Kier alpha value is -1.73. The molecule has 0 saturated heterocycles. The van der Waals surface area contributed by atoms with Crippen molar-refractivity contribution < 1.29 is 9.59 Å². The van der Waals surface area contributed by atoms with E-state index < -0.39 is 28.0 Å². The van der Waals surface area contributed by atoms with E-state index in [-0.39, 0.29) is 10.6 Å². The van der Waals surface area contributed by atoms with Gasteiger partial charge in [0.25, 0.3) is 5.91 Å². The lowest BCUT2D eigenvalue weighted by Gasteiger charge is -2.10. The van der Waals surface area contributed by atoms with Crippen LogP contribution >= 0.6 is 69.6 Å². The molecule has 33 heavy (non-hydrogen) atoms. The van der Waals surface area contributed by atoms with Gasteiger partial charge in [0.15, 0.2) is 0 Å². The standard InChI is InChI=1S/C22H13Cl6N3O2/c23-11-5-10(6-12(24)7-11)18-19(22(18,27)28)21(33)30-13-1-3-16(25)15(8-13)20(32)31-14-2-4-17(26)29-9-14/h1-9,18-19H,(H,30,33)(H,31,32)/t18-,19+/m1/s1. The summed E-state index contributed by atoms with van der Waals surface area (Å²) < 4.78 is -1.33. The van der Waals surface area contributed by atoms with Crippen molar-refractivity contribution in [2.45, 2.75) is 10.3 Å². The molecule has 5 nitrogen and oxygen atoms in total. The van der Waals surface area contributed by atoms with Crippen LogP contribution in [0, 0.1) is 5.92 Å². The SMILES string of the molecule is O=C(Nc1ccc(Cl)nc1)c1cc(NC(=O)[C@@H]2[C@@H](c3cc(Cl)cc(Cl)c3)C2(Cl)Cl)ccc1Cl. The molecule has 0 spiro atoms. The number of alkyl halides is 2. The van der Waals surface area contributed by atoms with Crippen molar-refractivity contribution in [3.8, 4) is 0 Å². The highest BCUT2D eigenvalue weighted by molar-refractivity contribution is 6.53. The van der Waals surface area contributed by atoms with Crippen molar-refractivity contribution in [2.75, 3.05) is 10.6 Å². The Labute approximate surface area is 219 Å². The summed E-state index contributed by atoms with van der Waals surface area (Å²) in [5, 5.41) is 6.74. The molecule has 170 valence electrons. The lowest BCUT2D eigenvalue weighted by Crippen LogP contribution is -2.18. The van der Waals surface area contributed by atoms with Crippen LogP contribution in [0.5, 0.6) is 0 Å². The summed E-state index contributed by atoms with van der Waals surface area (Å²) in [5.41, 5.74) is 1.60. The van der Waals surface area contributed by atoms with Crippen molar-refractivity contribution in [3.05, 3.63) is 86.1 Å². The molecular formula is C22H13Cl6N3O2. The van der Waals surface area contributed by atoms with E-state index >= 15 is 0 Å².